The molecular weight excluding hydrogens is 559 g/mol. The number of aliphatic hydroxyl groups is 2. The van der Waals surface area contributed by atoms with E-state index in [4.69, 9.17) is 42.3 Å². The Morgan fingerprint density at radius 2 is 2.03 bits per heavy atom. The maximum atomic E-state index is 13.8. The zero-order valence-electron chi connectivity index (χ0n) is 21.2. The van der Waals surface area contributed by atoms with E-state index in [0.717, 1.165) is 6.42 Å². The fraction of sp³-hybridized carbons (Fsp3) is 0.542. The summed E-state index contributed by atoms with van der Waals surface area (Å²) < 4.78 is 37.6. The molecule has 0 bridgehead atoms. The molecule has 1 aromatic carbocycles. The highest BCUT2D eigenvalue weighted by atomic mass is 35.5. The number of aliphatic hydroxyl groups excluding tert-OH is 1. The van der Waals surface area contributed by atoms with Crippen molar-refractivity contribution in [2.75, 3.05) is 19.4 Å². The highest BCUT2D eigenvalue weighted by molar-refractivity contribution is 7.71. The van der Waals surface area contributed by atoms with E-state index in [1.807, 2.05) is 6.92 Å². The molecule has 210 valence electrons. The van der Waals surface area contributed by atoms with Crippen molar-refractivity contribution in [1.82, 2.24) is 9.55 Å². The average Bonchev–Trinajstić information content (AvgIpc) is 3.08. The van der Waals surface area contributed by atoms with Crippen LogP contribution < -0.4 is 10.1 Å². The van der Waals surface area contributed by atoms with Gasteiger partial charge >= 0.3 is 13.6 Å². The summed E-state index contributed by atoms with van der Waals surface area (Å²) in [6.07, 6.45) is -1.25. The van der Waals surface area contributed by atoms with E-state index in [1.54, 1.807) is 19.1 Å². The Labute approximate surface area is 230 Å². The van der Waals surface area contributed by atoms with Gasteiger partial charge in [-0.3, -0.25) is 23.7 Å². The Bertz CT molecular complexity index is 1270. The third-order valence-corrected chi connectivity index (χ3v) is 8.59. The first-order valence-electron chi connectivity index (χ1n) is 12.1. The van der Waals surface area contributed by atoms with Crippen LogP contribution in [0.25, 0.3) is 0 Å². The van der Waals surface area contributed by atoms with Crippen LogP contribution in [-0.4, -0.2) is 62.9 Å². The number of ether oxygens (including phenoxy) is 2. The predicted octanol–water partition coefficient (Wildman–Crippen LogP) is 3.84. The van der Waals surface area contributed by atoms with Gasteiger partial charge in [0.05, 0.1) is 25.3 Å². The summed E-state index contributed by atoms with van der Waals surface area (Å²) >= 11 is 11.1. The van der Waals surface area contributed by atoms with Crippen molar-refractivity contribution in [1.29, 1.82) is 0 Å². The van der Waals surface area contributed by atoms with Gasteiger partial charge in [-0.1, -0.05) is 31.9 Å². The van der Waals surface area contributed by atoms with Crippen LogP contribution in [0.2, 0.25) is 5.02 Å². The maximum absolute atomic E-state index is 13.8. The first-order chi connectivity index (χ1) is 17.9. The molecule has 3 N–H and O–H groups in total. The van der Waals surface area contributed by atoms with Gasteiger partial charge in [0, 0.05) is 17.3 Å². The number of carbonyl (C=O) groups excluding carboxylic acids is 1. The highest BCUT2D eigenvalue weighted by Crippen LogP contribution is 2.51. The van der Waals surface area contributed by atoms with E-state index in [-0.39, 0.29) is 23.3 Å². The molecule has 0 spiro atoms. The summed E-state index contributed by atoms with van der Waals surface area (Å²) in [5, 5.41) is 22.2. The number of esters is 1. The fourth-order valence-electron chi connectivity index (χ4n) is 3.82. The maximum Gasteiger partial charge on any atom is 0.380 e. The Hall–Kier alpha value is -2.05. The Kier molecular flexibility index (Phi) is 10.3. The molecule has 1 aliphatic heterocycles. The number of H-pyrrole nitrogens is 1. The minimum atomic E-state index is -4.03. The molecule has 11 nitrogen and oxygen atoms in total. The Balaban J connectivity index is 1.78. The number of unbranched alkanes of at least 4 members (excludes halogenated alkanes) is 1. The van der Waals surface area contributed by atoms with Crippen LogP contribution in [0.1, 0.15) is 39.8 Å². The summed E-state index contributed by atoms with van der Waals surface area (Å²) in [6, 6.07) is 7.29. The number of hydrogen-bond donors (Lipinski definition) is 3. The first kappa shape index (κ1) is 30.5. The molecule has 1 fully saturated rings. The largest absolute Gasteiger partial charge is 0.465 e. The highest BCUT2D eigenvalue weighted by Gasteiger charge is 2.53. The van der Waals surface area contributed by atoms with Crippen molar-refractivity contribution in [2.45, 2.75) is 57.6 Å². The van der Waals surface area contributed by atoms with E-state index in [1.165, 1.54) is 35.9 Å². The first-order valence-corrected chi connectivity index (χ1v) is 14.6. The summed E-state index contributed by atoms with van der Waals surface area (Å²) in [7, 11) is -4.03. The number of aromatic nitrogens is 2. The van der Waals surface area contributed by atoms with Gasteiger partial charge in [-0.15, -0.1) is 0 Å². The quantitative estimate of drug-likeness (QED) is 0.144. The number of aromatic amines is 1. The second-order valence-electron chi connectivity index (χ2n) is 9.27. The lowest BCUT2D eigenvalue weighted by atomic mass is 9.96. The number of carbonyl (C=O) groups is 1. The molecular formula is C24H32ClN2O9PS. The lowest BCUT2D eigenvalue weighted by molar-refractivity contribution is -0.147. The Morgan fingerprint density at radius 1 is 1.34 bits per heavy atom. The van der Waals surface area contributed by atoms with Crippen molar-refractivity contribution in [3.8, 4) is 5.75 Å². The van der Waals surface area contributed by atoms with Gasteiger partial charge < -0.3 is 24.2 Å². The summed E-state index contributed by atoms with van der Waals surface area (Å²) in [4.78, 5) is 26.4. The third kappa shape index (κ3) is 7.53. The summed E-state index contributed by atoms with van der Waals surface area (Å²) in [5.74, 6) is -1.18. The van der Waals surface area contributed by atoms with Crippen molar-refractivity contribution in [3.05, 3.63) is 56.7 Å². The predicted molar refractivity (Wildman–Crippen MR) is 142 cm³/mol. The second kappa shape index (κ2) is 12.9. The van der Waals surface area contributed by atoms with Crippen LogP contribution in [-0.2, 0) is 23.4 Å². The number of nitrogens with one attached hydrogen (secondary N) is 1. The lowest BCUT2D eigenvalue weighted by Gasteiger charge is -2.28. The second-order valence-corrected chi connectivity index (χ2v) is 12.1. The van der Waals surface area contributed by atoms with Crippen molar-refractivity contribution >= 4 is 37.4 Å². The van der Waals surface area contributed by atoms with Crippen LogP contribution in [0.5, 0.6) is 5.75 Å². The van der Waals surface area contributed by atoms with Gasteiger partial charge in [0.25, 0.3) is 5.56 Å². The van der Waals surface area contributed by atoms with Gasteiger partial charge in [0.2, 0.25) is 0 Å². The number of hydrogen-bond acceptors (Lipinski definition) is 10. The molecule has 3 rings (SSSR count). The van der Waals surface area contributed by atoms with E-state index >= 15 is 0 Å². The molecule has 38 heavy (non-hydrogen) atoms. The van der Waals surface area contributed by atoms with Crippen LogP contribution in [0.15, 0.2) is 41.3 Å². The molecule has 0 aliphatic carbocycles. The average molecular weight is 591 g/mol. The molecule has 6 atom stereocenters. The normalized spacial score (nSPS) is 25.5. The van der Waals surface area contributed by atoms with Crippen molar-refractivity contribution < 1.29 is 38.1 Å². The van der Waals surface area contributed by atoms with Crippen molar-refractivity contribution in [3.63, 3.8) is 0 Å². The van der Waals surface area contributed by atoms with Gasteiger partial charge in [-0.05, 0) is 49.8 Å². The topological polar surface area (TPSA) is 149 Å². The standard InChI is InChI=1S/C24H32ClN2O9PS/c1-4-5-12-33-21(30)15(2)14-37(32,36-17-8-6-16(25)7-9-17)34-13-18-20(29)24(3,31)22(35-18)27-11-10-19(28)26-23(27)38/h6-11,15,18,20,22,29,31H,4-5,12-14H2,1-3H3,(H,26,28,38)/t15-,18-,20+,22-,24?,37+/m1/s1. The minimum absolute atomic E-state index is 0.0244. The number of benzene rings is 1. The zero-order chi connectivity index (χ0) is 28.1. The molecule has 2 heterocycles. The monoisotopic (exact) mass is 590 g/mol. The molecule has 1 unspecified atom stereocenters. The van der Waals surface area contributed by atoms with Gasteiger partial charge in [-0.25, -0.2) is 4.57 Å². The lowest BCUT2D eigenvalue weighted by Crippen LogP contribution is -2.44. The molecule has 2 aromatic rings. The molecule has 0 saturated carbocycles. The third-order valence-electron chi connectivity index (χ3n) is 5.99. The smallest absolute Gasteiger partial charge is 0.380 e. The number of nitrogens with zero attached hydrogens (tertiary/aromatic N) is 1. The molecule has 0 radical (unpaired) electrons. The number of rotatable bonds is 12. The van der Waals surface area contributed by atoms with Gasteiger partial charge in [0.15, 0.2) is 11.0 Å². The van der Waals surface area contributed by atoms with Gasteiger partial charge in [0.1, 0.15) is 23.6 Å². The SMILES string of the molecule is CCCCOC(=O)[C@H](C)C[P@](=O)(OC[C@H]1O[C@@H](n2ccc(=O)[nH]c2=S)C(C)(O)[C@H]1O)Oc1ccc(Cl)cc1. The summed E-state index contributed by atoms with van der Waals surface area (Å²) in [6.45, 7) is 4.65. The van der Waals surface area contributed by atoms with E-state index in [0.29, 0.717) is 11.4 Å². The fourth-order valence-corrected chi connectivity index (χ4v) is 6.07. The van der Waals surface area contributed by atoms with E-state index in [9.17, 15) is 24.4 Å². The molecule has 1 aliphatic rings. The Morgan fingerprint density at radius 3 is 2.66 bits per heavy atom. The molecule has 0 amide bonds. The van der Waals surface area contributed by atoms with Crippen molar-refractivity contribution in [2.24, 2.45) is 5.92 Å². The van der Waals surface area contributed by atoms with Gasteiger partial charge in [-0.2, -0.15) is 0 Å². The molecule has 1 saturated heterocycles. The zero-order valence-corrected chi connectivity index (χ0v) is 23.7. The minimum Gasteiger partial charge on any atom is -0.465 e. The van der Waals surface area contributed by atoms with Crippen LogP contribution in [0, 0.1) is 10.7 Å². The van der Waals surface area contributed by atoms with Crippen LogP contribution >= 0.6 is 31.4 Å². The summed E-state index contributed by atoms with van der Waals surface area (Å²) in [5.41, 5.74) is -2.28. The van der Waals surface area contributed by atoms with Crippen LogP contribution in [0.3, 0.4) is 0 Å². The number of halogens is 1. The molecule has 1 aromatic heterocycles. The van der Waals surface area contributed by atoms with E-state index in [2.05, 4.69) is 4.98 Å². The van der Waals surface area contributed by atoms with Crippen LogP contribution in [0.4, 0.5) is 0 Å². The van der Waals surface area contributed by atoms with E-state index < -0.39 is 55.7 Å². The molecule has 14 heteroatoms.